The quantitative estimate of drug-likeness (QED) is 0.786. The number of benzene rings is 2. The van der Waals surface area contributed by atoms with E-state index >= 15 is 0 Å². The lowest BCUT2D eigenvalue weighted by Gasteiger charge is -2.29. The van der Waals surface area contributed by atoms with E-state index in [2.05, 4.69) is 10.1 Å². The summed E-state index contributed by atoms with van der Waals surface area (Å²) in [4.78, 5) is 25.7. The molecule has 1 aliphatic heterocycles. The van der Waals surface area contributed by atoms with Crippen molar-refractivity contribution in [2.24, 2.45) is 0 Å². The predicted molar refractivity (Wildman–Crippen MR) is 100 cm³/mol. The van der Waals surface area contributed by atoms with E-state index in [-0.39, 0.29) is 18.6 Å². The highest BCUT2D eigenvalue weighted by molar-refractivity contribution is 5.95. The van der Waals surface area contributed by atoms with E-state index in [1.54, 1.807) is 24.3 Å². The number of hydrogen-bond donors (Lipinski definition) is 1. The summed E-state index contributed by atoms with van der Waals surface area (Å²) in [5.74, 6) is 0.820. The van der Waals surface area contributed by atoms with E-state index in [1.165, 1.54) is 7.11 Å². The van der Waals surface area contributed by atoms with Gasteiger partial charge in [-0.15, -0.1) is 0 Å². The molecule has 1 amide bonds. The lowest BCUT2D eigenvalue weighted by Crippen LogP contribution is -2.42. The number of methoxy groups -OCH3 is 1. The molecule has 0 aromatic heterocycles. The van der Waals surface area contributed by atoms with Crippen LogP contribution in [-0.2, 0) is 9.53 Å². The number of carbonyl (C=O) groups excluding carboxylic acids is 2. The van der Waals surface area contributed by atoms with Gasteiger partial charge < -0.3 is 19.5 Å². The zero-order chi connectivity index (χ0) is 19.2. The van der Waals surface area contributed by atoms with Gasteiger partial charge in [0, 0.05) is 12.2 Å². The fourth-order valence-corrected chi connectivity index (χ4v) is 2.85. The lowest BCUT2D eigenvalue weighted by molar-refractivity contribution is -0.117. The summed E-state index contributed by atoms with van der Waals surface area (Å²) in [7, 11) is 3.16. The summed E-state index contributed by atoms with van der Waals surface area (Å²) in [6, 6.07) is 14.1. The average molecular weight is 370 g/mol. The van der Waals surface area contributed by atoms with E-state index in [0.717, 1.165) is 5.75 Å². The summed E-state index contributed by atoms with van der Waals surface area (Å²) in [5, 5.41) is 2.78. The standard InChI is InChI=1S/C20H22N2O5/c1-22(11-16-13-26-17-8-3-4-9-18(17)27-16)12-19(23)21-15-7-5-6-14(10-15)20(24)25-2/h3-10,16H,11-13H2,1-2H3,(H,21,23)/t16-/m1/s1. The van der Waals surface area contributed by atoms with Crippen molar-refractivity contribution in [2.75, 3.05) is 39.2 Å². The number of ether oxygens (including phenoxy) is 3. The van der Waals surface area contributed by atoms with Gasteiger partial charge in [-0.3, -0.25) is 9.69 Å². The Bertz CT molecular complexity index is 824. The molecule has 0 saturated heterocycles. The fraction of sp³-hybridized carbons (Fsp3) is 0.300. The Morgan fingerprint density at radius 2 is 1.96 bits per heavy atom. The molecule has 1 aliphatic rings. The molecule has 1 atom stereocenters. The molecule has 1 N–H and O–H groups in total. The van der Waals surface area contributed by atoms with Crippen LogP contribution in [0.4, 0.5) is 5.69 Å². The third-order valence-electron chi connectivity index (χ3n) is 4.06. The van der Waals surface area contributed by atoms with Crippen molar-refractivity contribution in [2.45, 2.75) is 6.10 Å². The second kappa shape index (κ2) is 8.55. The Balaban J connectivity index is 1.50. The first kappa shape index (κ1) is 18.7. The predicted octanol–water partition coefficient (Wildman–Crippen LogP) is 2.18. The van der Waals surface area contributed by atoms with Gasteiger partial charge in [-0.2, -0.15) is 0 Å². The van der Waals surface area contributed by atoms with Crippen molar-refractivity contribution >= 4 is 17.6 Å². The van der Waals surface area contributed by atoms with Crippen LogP contribution in [0, 0.1) is 0 Å². The first-order chi connectivity index (χ1) is 13.0. The zero-order valence-electron chi connectivity index (χ0n) is 15.3. The lowest BCUT2D eigenvalue weighted by atomic mass is 10.2. The van der Waals surface area contributed by atoms with Crippen molar-refractivity contribution in [1.29, 1.82) is 0 Å². The van der Waals surface area contributed by atoms with Gasteiger partial charge >= 0.3 is 5.97 Å². The Morgan fingerprint density at radius 3 is 2.74 bits per heavy atom. The summed E-state index contributed by atoms with van der Waals surface area (Å²) in [5.41, 5.74) is 0.928. The Hall–Kier alpha value is -3.06. The van der Waals surface area contributed by atoms with Gasteiger partial charge in [0.05, 0.1) is 19.2 Å². The SMILES string of the molecule is COC(=O)c1cccc(NC(=O)CN(C)C[C@@H]2COc3ccccc3O2)c1. The number of fused-ring (bicyclic) bond motifs is 1. The number of amides is 1. The molecular weight excluding hydrogens is 348 g/mol. The summed E-state index contributed by atoms with van der Waals surface area (Å²) in [6.07, 6.45) is -0.152. The second-order valence-electron chi connectivity index (χ2n) is 6.31. The van der Waals surface area contributed by atoms with Crippen LogP contribution in [-0.4, -0.2) is 56.7 Å². The summed E-state index contributed by atoms with van der Waals surface area (Å²) in [6.45, 7) is 1.16. The van der Waals surface area contributed by atoms with Gasteiger partial charge in [0.1, 0.15) is 12.7 Å². The Morgan fingerprint density at radius 1 is 1.19 bits per heavy atom. The number of nitrogens with one attached hydrogen (secondary N) is 1. The number of nitrogens with zero attached hydrogens (tertiary/aromatic N) is 1. The molecule has 0 radical (unpaired) electrons. The van der Waals surface area contributed by atoms with Gasteiger partial charge in [-0.05, 0) is 37.4 Å². The van der Waals surface area contributed by atoms with Crippen LogP contribution in [0.3, 0.4) is 0 Å². The zero-order valence-corrected chi connectivity index (χ0v) is 15.3. The highest BCUT2D eigenvalue weighted by Gasteiger charge is 2.22. The third-order valence-corrected chi connectivity index (χ3v) is 4.06. The number of rotatable bonds is 6. The van der Waals surface area contributed by atoms with Crippen LogP contribution in [0.5, 0.6) is 11.5 Å². The van der Waals surface area contributed by atoms with E-state index < -0.39 is 5.97 Å². The fourth-order valence-electron chi connectivity index (χ4n) is 2.85. The van der Waals surface area contributed by atoms with E-state index in [4.69, 9.17) is 9.47 Å². The largest absolute Gasteiger partial charge is 0.486 e. The molecule has 0 aliphatic carbocycles. The number of esters is 1. The molecule has 0 fully saturated rings. The van der Waals surface area contributed by atoms with Gasteiger partial charge in [-0.1, -0.05) is 18.2 Å². The number of para-hydroxylation sites is 2. The molecule has 0 bridgehead atoms. The maximum Gasteiger partial charge on any atom is 0.337 e. The van der Waals surface area contributed by atoms with Crippen LogP contribution >= 0.6 is 0 Å². The monoisotopic (exact) mass is 370 g/mol. The van der Waals surface area contributed by atoms with Crippen molar-refractivity contribution in [1.82, 2.24) is 4.90 Å². The molecule has 0 saturated carbocycles. The van der Waals surface area contributed by atoms with Crippen LogP contribution < -0.4 is 14.8 Å². The van der Waals surface area contributed by atoms with Gasteiger partial charge in [-0.25, -0.2) is 4.79 Å². The minimum absolute atomic E-state index is 0.152. The molecule has 1 heterocycles. The smallest absolute Gasteiger partial charge is 0.337 e. The molecule has 7 heteroatoms. The van der Waals surface area contributed by atoms with Gasteiger partial charge in [0.25, 0.3) is 0 Å². The van der Waals surface area contributed by atoms with E-state index in [1.807, 2.05) is 36.2 Å². The van der Waals surface area contributed by atoms with Crippen molar-refractivity contribution in [3.05, 3.63) is 54.1 Å². The maximum atomic E-state index is 12.3. The summed E-state index contributed by atoms with van der Waals surface area (Å²) < 4.78 is 16.3. The van der Waals surface area contributed by atoms with E-state index in [9.17, 15) is 9.59 Å². The molecule has 142 valence electrons. The molecule has 3 rings (SSSR count). The molecule has 7 nitrogen and oxygen atoms in total. The first-order valence-corrected chi connectivity index (χ1v) is 8.60. The van der Waals surface area contributed by atoms with Crippen LogP contribution in [0.25, 0.3) is 0 Å². The second-order valence-corrected chi connectivity index (χ2v) is 6.31. The molecular formula is C20H22N2O5. The minimum Gasteiger partial charge on any atom is -0.486 e. The van der Waals surface area contributed by atoms with Crippen molar-refractivity contribution < 1.29 is 23.8 Å². The van der Waals surface area contributed by atoms with Crippen LogP contribution in [0.1, 0.15) is 10.4 Å². The molecule has 2 aromatic carbocycles. The minimum atomic E-state index is -0.446. The first-order valence-electron chi connectivity index (χ1n) is 8.60. The van der Waals surface area contributed by atoms with Crippen molar-refractivity contribution in [3.63, 3.8) is 0 Å². The van der Waals surface area contributed by atoms with Gasteiger partial charge in [0.2, 0.25) is 5.91 Å². The van der Waals surface area contributed by atoms with Gasteiger partial charge in [0.15, 0.2) is 11.5 Å². The molecule has 27 heavy (non-hydrogen) atoms. The van der Waals surface area contributed by atoms with Crippen molar-refractivity contribution in [3.8, 4) is 11.5 Å². The average Bonchev–Trinajstić information content (AvgIpc) is 2.67. The molecule has 0 unspecified atom stereocenters. The number of hydrogen-bond acceptors (Lipinski definition) is 6. The molecule has 2 aromatic rings. The highest BCUT2D eigenvalue weighted by atomic mass is 16.6. The maximum absolute atomic E-state index is 12.3. The number of anilines is 1. The highest BCUT2D eigenvalue weighted by Crippen LogP contribution is 2.30. The Labute approximate surface area is 157 Å². The molecule has 0 spiro atoms. The topological polar surface area (TPSA) is 77.1 Å². The third kappa shape index (κ3) is 4.98. The summed E-state index contributed by atoms with van der Waals surface area (Å²) >= 11 is 0. The number of carbonyl (C=O) groups is 2. The van der Waals surface area contributed by atoms with Crippen LogP contribution in [0.2, 0.25) is 0 Å². The number of likely N-dealkylation sites (N-methyl/N-ethyl adjacent to an activating group) is 1. The Kier molecular flexibility index (Phi) is 5.93. The van der Waals surface area contributed by atoms with E-state index in [0.29, 0.717) is 30.2 Å². The van der Waals surface area contributed by atoms with Crippen LogP contribution in [0.15, 0.2) is 48.5 Å². The normalized spacial score (nSPS) is 15.3.